The standard InChI is InChI=1S/C16H16FNOS/c1-10-3-6-14(7-11(10)2)19-9-13-5-4-12(16(18)20)8-15(13)17/h3-8H,9H2,1-2H3,(H2,18,20). The summed E-state index contributed by atoms with van der Waals surface area (Å²) in [6.45, 7) is 4.22. The van der Waals surface area contributed by atoms with Crippen LogP contribution in [0.5, 0.6) is 5.75 Å². The summed E-state index contributed by atoms with van der Waals surface area (Å²) in [5.74, 6) is 0.366. The van der Waals surface area contributed by atoms with Gasteiger partial charge in [0.15, 0.2) is 0 Å². The average Bonchev–Trinajstić information content (AvgIpc) is 2.41. The van der Waals surface area contributed by atoms with Gasteiger partial charge in [-0.1, -0.05) is 30.4 Å². The minimum Gasteiger partial charge on any atom is -0.489 e. The van der Waals surface area contributed by atoms with Crippen molar-refractivity contribution in [1.29, 1.82) is 0 Å². The highest BCUT2D eigenvalue weighted by molar-refractivity contribution is 7.80. The minimum atomic E-state index is -0.362. The van der Waals surface area contributed by atoms with Crippen LogP contribution in [0.25, 0.3) is 0 Å². The van der Waals surface area contributed by atoms with Gasteiger partial charge in [0.05, 0.1) is 0 Å². The van der Waals surface area contributed by atoms with E-state index in [1.807, 2.05) is 32.0 Å². The van der Waals surface area contributed by atoms with E-state index in [2.05, 4.69) is 0 Å². The molecule has 0 bridgehead atoms. The highest BCUT2D eigenvalue weighted by Crippen LogP contribution is 2.19. The second kappa shape index (κ2) is 6.01. The molecule has 2 N–H and O–H groups in total. The van der Waals surface area contributed by atoms with Gasteiger partial charge < -0.3 is 10.5 Å². The van der Waals surface area contributed by atoms with Gasteiger partial charge >= 0.3 is 0 Å². The molecule has 0 atom stereocenters. The third kappa shape index (κ3) is 3.33. The van der Waals surface area contributed by atoms with E-state index in [1.165, 1.54) is 11.6 Å². The molecule has 0 fully saturated rings. The number of rotatable bonds is 4. The van der Waals surface area contributed by atoms with E-state index in [0.717, 1.165) is 11.3 Å². The summed E-state index contributed by atoms with van der Waals surface area (Å²) in [7, 11) is 0. The van der Waals surface area contributed by atoms with E-state index in [0.29, 0.717) is 11.1 Å². The van der Waals surface area contributed by atoms with Gasteiger partial charge in [0.25, 0.3) is 0 Å². The molecule has 0 spiro atoms. The van der Waals surface area contributed by atoms with Gasteiger partial charge in [-0.05, 0) is 43.2 Å². The minimum absolute atomic E-state index is 0.173. The SMILES string of the molecule is Cc1ccc(OCc2ccc(C(N)=S)cc2F)cc1C. The van der Waals surface area contributed by atoms with Crippen LogP contribution in [0.15, 0.2) is 36.4 Å². The summed E-state index contributed by atoms with van der Waals surface area (Å²) in [6, 6.07) is 10.5. The maximum absolute atomic E-state index is 13.9. The van der Waals surface area contributed by atoms with Crippen LogP contribution in [0.2, 0.25) is 0 Å². The van der Waals surface area contributed by atoms with Crippen molar-refractivity contribution < 1.29 is 9.13 Å². The summed E-state index contributed by atoms with van der Waals surface area (Å²) < 4.78 is 19.5. The molecule has 0 saturated carbocycles. The van der Waals surface area contributed by atoms with E-state index < -0.39 is 0 Å². The molecule has 2 aromatic carbocycles. The van der Waals surface area contributed by atoms with Crippen LogP contribution in [0.1, 0.15) is 22.3 Å². The molecule has 2 nitrogen and oxygen atoms in total. The Bertz CT molecular complexity index is 655. The van der Waals surface area contributed by atoms with Crippen LogP contribution in [0.4, 0.5) is 4.39 Å². The summed E-state index contributed by atoms with van der Waals surface area (Å²) >= 11 is 4.81. The van der Waals surface area contributed by atoms with Crippen LogP contribution >= 0.6 is 12.2 Å². The summed E-state index contributed by atoms with van der Waals surface area (Å²) in [4.78, 5) is 0.186. The quantitative estimate of drug-likeness (QED) is 0.873. The first-order chi connectivity index (χ1) is 9.47. The Balaban J connectivity index is 2.10. The first kappa shape index (κ1) is 14.5. The zero-order valence-electron chi connectivity index (χ0n) is 11.4. The third-order valence-electron chi connectivity index (χ3n) is 3.21. The topological polar surface area (TPSA) is 35.2 Å². The Kier molecular flexibility index (Phi) is 4.35. The van der Waals surface area contributed by atoms with E-state index in [4.69, 9.17) is 22.7 Å². The van der Waals surface area contributed by atoms with Crippen LogP contribution in [-0.4, -0.2) is 4.99 Å². The number of thiocarbonyl (C=S) groups is 1. The molecule has 0 amide bonds. The highest BCUT2D eigenvalue weighted by atomic mass is 32.1. The number of benzene rings is 2. The molecule has 0 saturated heterocycles. The Labute approximate surface area is 123 Å². The van der Waals surface area contributed by atoms with Crippen molar-refractivity contribution in [1.82, 2.24) is 0 Å². The van der Waals surface area contributed by atoms with Crippen LogP contribution < -0.4 is 10.5 Å². The molecule has 0 aliphatic heterocycles. The molecule has 20 heavy (non-hydrogen) atoms. The van der Waals surface area contributed by atoms with Gasteiger partial charge in [0.1, 0.15) is 23.2 Å². The van der Waals surface area contributed by atoms with Crippen molar-refractivity contribution in [2.45, 2.75) is 20.5 Å². The number of halogens is 1. The first-order valence-electron chi connectivity index (χ1n) is 6.25. The monoisotopic (exact) mass is 289 g/mol. The van der Waals surface area contributed by atoms with Crippen molar-refractivity contribution in [2.75, 3.05) is 0 Å². The lowest BCUT2D eigenvalue weighted by Gasteiger charge is -2.10. The number of hydrogen-bond acceptors (Lipinski definition) is 2. The smallest absolute Gasteiger partial charge is 0.130 e. The average molecular weight is 289 g/mol. The van der Waals surface area contributed by atoms with E-state index in [-0.39, 0.29) is 17.4 Å². The predicted octanol–water partition coefficient (Wildman–Crippen LogP) is 3.66. The maximum atomic E-state index is 13.9. The van der Waals surface area contributed by atoms with Crippen molar-refractivity contribution in [3.05, 3.63) is 64.5 Å². The van der Waals surface area contributed by atoms with Crippen LogP contribution in [-0.2, 0) is 6.61 Å². The molecule has 0 aromatic heterocycles. The van der Waals surface area contributed by atoms with Crippen molar-refractivity contribution in [3.63, 3.8) is 0 Å². The molecular weight excluding hydrogens is 273 g/mol. The van der Waals surface area contributed by atoms with Crippen LogP contribution in [0.3, 0.4) is 0 Å². The largest absolute Gasteiger partial charge is 0.489 e. The molecular formula is C16H16FNOS. The second-order valence-corrected chi connectivity index (χ2v) is 5.15. The van der Waals surface area contributed by atoms with Gasteiger partial charge in [-0.15, -0.1) is 0 Å². The zero-order chi connectivity index (χ0) is 14.7. The molecule has 2 rings (SSSR count). The fourth-order valence-corrected chi connectivity index (χ4v) is 1.91. The number of nitrogens with two attached hydrogens (primary N) is 1. The van der Waals surface area contributed by atoms with Crippen LogP contribution in [0, 0.1) is 19.7 Å². The molecule has 0 heterocycles. The van der Waals surface area contributed by atoms with Gasteiger partial charge in [0.2, 0.25) is 0 Å². The molecule has 0 aliphatic carbocycles. The predicted molar refractivity (Wildman–Crippen MR) is 82.5 cm³/mol. The second-order valence-electron chi connectivity index (χ2n) is 4.71. The molecule has 104 valence electrons. The summed E-state index contributed by atoms with van der Waals surface area (Å²) in [5.41, 5.74) is 8.80. The molecule has 0 aliphatic rings. The fourth-order valence-electron chi connectivity index (χ4n) is 1.78. The van der Waals surface area contributed by atoms with Crippen molar-refractivity contribution in [3.8, 4) is 5.75 Å². The van der Waals surface area contributed by atoms with Gasteiger partial charge in [0, 0.05) is 11.1 Å². The summed E-state index contributed by atoms with van der Waals surface area (Å²) in [6.07, 6.45) is 0. The van der Waals surface area contributed by atoms with Gasteiger partial charge in [-0.3, -0.25) is 0 Å². The van der Waals surface area contributed by atoms with E-state index in [9.17, 15) is 4.39 Å². The fraction of sp³-hybridized carbons (Fsp3) is 0.188. The van der Waals surface area contributed by atoms with E-state index in [1.54, 1.807) is 12.1 Å². The Morgan fingerprint density at radius 1 is 1.15 bits per heavy atom. The van der Waals surface area contributed by atoms with Crippen molar-refractivity contribution >= 4 is 17.2 Å². The lowest BCUT2D eigenvalue weighted by Crippen LogP contribution is -2.10. The third-order valence-corrected chi connectivity index (χ3v) is 3.45. The van der Waals surface area contributed by atoms with Gasteiger partial charge in [-0.2, -0.15) is 0 Å². The Morgan fingerprint density at radius 3 is 2.50 bits per heavy atom. The summed E-state index contributed by atoms with van der Waals surface area (Å²) in [5, 5.41) is 0. The zero-order valence-corrected chi connectivity index (χ0v) is 12.3. The Hall–Kier alpha value is -1.94. The molecule has 0 radical (unpaired) electrons. The maximum Gasteiger partial charge on any atom is 0.130 e. The first-order valence-corrected chi connectivity index (χ1v) is 6.66. The number of hydrogen-bond donors (Lipinski definition) is 1. The Morgan fingerprint density at radius 2 is 1.90 bits per heavy atom. The normalized spacial score (nSPS) is 10.3. The lowest BCUT2D eigenvalue weighted by atomic mass is 10.1. The lowest BCUT2D eigenvalue weighted by molar-refractivity contribution is 0.299. The molecule has 2 aromatic rings. The highest BCUT2D eigenvalue weighted by Gasteiger charge is 2.06. The van der Waals surface area contributed by atoms with Gasteiger partial charge in [-0.25, -0.2) is 4.39 Å². The number of aryl methyl sites for hydroxylation is 2. The van der Waals surface area contributed by atoms with E-state index >= 15 is 0 Å². The molecule has 4 heteroatoms. The van der Waals surface area contributed by atoms with Crippen molar-refractivity contribution in [2.24, 2.45) is 5.73 Å². The number of ether oxygens (including phenoxy) is 1. The molecule has 0 unspecified atom stereocenters.